The van der Waals surface area contributed by atoms with Gasteiger partial charge in [-0.25, -0.2) is 0 Å². The molecule has 2 atom stereocenters. The Balaban J connectivity index is 1.56. The van der Waals surface area contributed by atoms with Gasteiger partial charge in [0, 0.05) is 13.1 Å². The van der Waals surface area contributed by atoms with Gasteiger partial charge in [0.15, 0.2) is 0 Å². The molecule has 4 nitrogen and oxygen atoms in total. The van der Waals surface area contributed by atoms with Crippen LogP contribution in [-0.2, 0) is 22.4 Å². The van der Waals surface area contributed by atoms with E-state index in [2.05, 4.69) is 35.8 Å². The number of hydrogen-bond donors (Lipinski definition) is 2. The quantitative estimate of drug-likeness (QED) is 0.896. The van der Waals surface area contributed by atoms with Gasteiger partial charge in [-0.3, -0.25) is 4.79 Å². The second kappa shape index (κ2) is 7.25. The minimum atomic E-state index is 0.00415. The molecule has 0 saturated carbocycles. The van der Waals surface area contributed by atoms with Gasteiger partial charge >= 0.3 is 0 Å². The molecule has 0 radical (unpaired) electrons. The van der Waals surface area contributed by atoms with Crippen LogP contribution in [0.15, 0.2) is 18.2 Å². The maximum atomic E-state index is 12.2. The van der Waals surface area contributed by atoms with Gasteiger partial charge in [-0.15, -0.1) is 0 Å². The molecule has 1 aromatic rings. The van der Waals surface area contributed by atoms with Crippen molar-refractivity contribution in [3.8, 4) is 0 Å². The molecule has 3 rings (SSSR count). The molecule has 0 aromatic heterocycles. The van der Waals surface area contributed by atoms with Crippen molar-refractivity contribution in [1.82, 2.24) is 10.6 Å². The number of nitrogens with one attached hydrogen (secondary N) is 2. The lowest BCUT2D eigenvalue weighted by atomic mass is 9.89. The smallest absolute Gasteiger partial charge is 0.223 e. The second-order valence-electron chi connectivity index (χ2n) is 6.43. The highest BCUT2D eigenvalue weighted by molar-refractivity contribution is 5.77. The Morgan fingerprint density at radius 3 is 2.95 bits per heavy atom. The number of hydrogen-bond acceptors (Lipinski definition) is 3. The number of carbonyl (C=O) groups excluding carboxylic acids is 1. The third-order valence-electron chi connectivity index (χ3n) is 4.67. The molecule has 4 heteroatoms. The van der Waals surface area contributed by atoms with Crippen LogP contribution < -0.4 is 10.6 Å². The summed E-state index contributed by atoms with van der Waals surface area (Å²) in [7, 11) is 0. The molecule has 1 saturated heterocycles. The van der Waals surface area contributed by atoms with E-state index < -0.39 is 0 Å². The molecule has 2 aliphatic rings. The fourth-order valence-corrected chi connectivity index (χ4v) is 3.36. The minimum absolute atomic E-state index is 0.00415. The van der Waals surface area contributed by atoms with Gasteiger partial charge in [-0.2, -0.15) is 0 Å². The van der Waals surface area contributed by atoms with E-state index in [9.17, 15) is 4.79 Å². The van der Waals surface area contributed by atoms with E-state index >= 15 is 0 Å². The predicted octanol–water partition coefficient (Wildman–Crippen LogP) is 2.12. The number of fused-ring (bicyclic) bond motifs is 1. The van der Waals surface area contributed by atoms with Gasteiger partial charge in [0.1, 0.15) is 0 Å². The molecule has 120 valence electrons. The van der Waals surface area contributed by atoms with Crippen LogP contribution in [0.5, 0.6) is 0 Å². The molecule has 0 bridgehead atoms. The molecule has 0 spiro atoms. The van der Waals surface area contributed by atoms with Crippen LogP contribution in [0.25, 0.3) is 0 Å². The predicted molar refractivity (Wildman–Crippen MR) is 86.9 cm³/mol. The van der Waals surface area contributed by atoms with Crippen molar-refractivity contribution >= 4 is 5.91 Å². The molecule has 1 aromatic carbocycles. The van der Waals surface area contributed by atoms with Crippen molar-refractivity contribution < 1.29 is 9.53 Å². The molecule has 22 heavy (non-hydrogen) atoms. The molecule has 2 N–H and O–H groups in total. The summed E-state index contributed by atoms with van der Waals surface area (Å²) in [6.07, 6.45) is 5.39. The summed E-state index contributed by atoms with van der Waals surface area (Å²) in [6, 6.07) is 6.73. The first kappa shape index (κ1) is 15.5. The molecule has 2 unspecified atom stereocenters. The summed E-state index contributed by atoms with van der Waals surface area (Å²) in [4.78, 5) is 12.2. The van der Waals surface area contributed by atoms with Crippen molar-refractivity contribution in [3.05, 3.63) is 34.9 Å². The molecule has 1 aliphatic carbocycles. The highest BCUT2D eigenvalue weighted by Crippen LogP contribution is 2.24. The summed E-state index contributed by atoms with van der Waals surface area (Å²) in [5, 5.41) is 6.36. The Labute approximate surface area is 132 Å². The molecule has 1 fully saturated rings. The number of rotatable bonds is 4. The Hall–Kier alpha value is -1.39. The second-order valence-corrected chi connectivity index (χ2v) is 6.43. The van der Waals surface area contributed by atoms with E-state index in [4.69, 9.17) is 4.74 Å². The van der Waals surface area contributed by atoms with Crippen molar-refractivity contribution in [3.63, 3.8) is 0 Å². The molecule has 1 heterocycles. The molecule has 1 amide bonds. The van der Waals surface area contributed by atoms with Gasteiger partial charge in [0.05, 0.1) is 25.2 Å². The van der Waals surface area contributed by atoms with Gasteiger partial charge < -0.3 is 15.4 Å². The van der Waals surface area contributed by atoms with Crippen molar-refractivity contribution in [2.75, 3.05) is 19.7 Å². The molecular formula is C18H26N2O2. The summed E-state index contributed by atoms with van der Waals surface area (Å²) in [6.45, 7) is 4.39. The van der Waals surface area contributed by atoms with Crippen LogP contribution in [0.1, 0.15) is 48.9 Å². The summed E-state index contributed by atoms with van der Waals surface area (Å²) < 4.78 is 5.59. The number of morpholine rings is 1. The third-order valence-corrected chi connectivity index (χ3v) is 4.67. The Kier molecular flexibility index (Phi) is 5.11. The number of ether oxygens (including phenoxy) is 1. The van der Waals surface area contributed by atoms with Crippen LogP contribution in [0.2, 0.25) is 0 Å². The third kappa shape index (κ3) is 3.87. The maximum absolute atomic E-state index is 12.2. The van der Waals surface area contributed by atoms with Gasteiger partial charge in [-0.1, -0.05) is 18.2 Å². The highest BCUT2D eigenvalue weighted by atomic mass is 16.5. The van der Waals surface area contributed by atoms with Gasteiger partial charge in [-0.05, 0) is 49.3 Å². The van der Waals surface area contributed by atoms with E-state index in [1.54, 1.807) is 0 Å². The number of amides is 1. The van der Waals surface area contributed by atoms with Crippen LogP contribution in [0, 0.1) is 0 Å². The fraction of sp³-hybridized carbons (Fsp3) is 0.611. The van der Waals surface area contributed by atoms with E-state index in [1.807, 2.05) is 0 Å². The first-order valence-electron chi connectivity index (χ1n) is 8.46. The largest absolute Gasteiger partial charge is 0.375 e. The van der Waals surface area contributed by atoms with Crippen molar-refractivity contribution in [2.45, 2.75) is 51.2 Å². The zero-order valence-electron chi connectivity index (χ0n) is 13.4. The highest BCUT2D eigenvalue weighted by Gasteiger charge is 2.19. The fourth-order valence-electron chi connectivity index (χ4n) is 3.36. The lowest BCUT2D eigenvalue weighted by Gasteiger charge is -2.24. The minimum Gasteiger partial charge on any atom is -0.375 e. The monoisotopic (exact) mass is 302 g/mol. The van der Waals surface area contributed by atoms with E-state index in [0.717, 1.165) is 13.1 Å². The number of carbonyl (C=O) groups is 1. The topological polar surface area (TPSA) is 50.4 Å². The van der Waals surface area contributed by atoms with E-state index in [1.165, 1.54) is 42.4 Å². The number of aryl methyl sites for hydroxylation is 2. The Bertz CT molecular complexity index is 524. The average molecular weight is 302 g/mol. The Morgan fingerprint density at radius 2 is 2.18 bits per heavy atom. The van der Waals surface area contributed by atoms with Crippen LogP contribution in [0.3, 0.4) is 0 Å². The van der Waals surface area contributed by atoms with Crippen LogP contribution >= 0.6 is 0 Å². The molecule has 1 aliphatic heterocycles. The SMILES string of the molecule is CC(NC(=O)CC1CNCCO1)c1ccc2c(c1)CCCC2. The van der Waals surface area contributed by atoms with Gasteiger partial charge in [0.25, 0.3) is 0 Å². The zero-order valence-corrected chi connectivity index (χ0v) is 13.4. The van der Waals surface area contributed by atoms with Crippen molar-refractivity contribution in [2.24, 2.45) is 0 Å². The summed E-state index contributed by atoms with van der Waals surface area (Å²) in [5.74, 6) is 0.0684. The van der Waals surface area contributed by atoms with Gasteiger partial charge in [0.2, 0.25) is 5.91 Å². The number of benzene rings is 1. The normalized spacial score (nSPS) is 22.7. The first-order chi connectivity index (χ1) is 10.7. The summed E-state index contributed by atoms with van der Waals surface area (Å²) >= 11 is 0. The van der Waals surface area contributed by atoms with Crippen LogP contribution in [-0.4, -0.2) is 31.7 Å². The maximum Gasteiger partial charge on any atom is 0.223 e. The van der Waals surface area contributed by atoms with Crippen LogP contribution in [0.4, 0.5) is 0 Å². The Morgan fingerprint density at radius 1 is 1.36 bits per heavy atom. The lowest BCUT2D eigenvalue weighted by Crippen LogP contribution is -2.41. The van der Waals surface area contributed by atoms with E-state index in [-0.39, 0.29) is 18.1 Å². The van der Waals surface area contributed by atoms with E-state index in [0.29, 0.717) is 13.0 Å². The summed E-state index contributed by atoms with van der Waals surface area (Å²) in [5.41, 5.74) is 4.15. The molecular weight excluding hydrogens is 276 g/mol. The first-order valence-corrected chi connectivity index (χ1v) is 8.46. The zero-order chi connectivity index (χ0) is 15.4. The lowest BCUT2D eigenvalue weighted by molar-refractivity contribution is -0.125. The van der Waals surface area contributed by atoms with Crippen molar-refractivity contribution in [1.29, 1.82) is 0 Å². The standard InChI is InChI=1S/C18H26N2O2/c1-13(20-18(21)11-17-12-19-8-9-22-17)15-7-6-14-4-2-3-5-16(14)10-15/h6-7,10,13,17,19H,2-5,8-9,11-12H2,1H3,(H,20,21). The average Bonchev–Trinajstić information content (AvgIpc) is 2.55.